The second kappa shape index (κ2) is 6.36. The number of anilines is 1. The molecule has 0 aliphatic heterocycles. The summed E-state index contributed by atoms with van der Waals surface area (Å²) < 4.78 is 73.0. The molecule has 2 aromatic rings. The molecule has 1 unspecified atom stereocenters. The molecule has 0 heterocycles. The molecule has 0 amide bonds. The molecule has 2 N–H and O–H groups in total. The van der Waals surface area contributed by atoms with Crippen LogP contribution in [0.15, 0.2) is 36.4 Å². The molecular weight excluding hydrogens is 336 g/mol. The van der Waals surface area contributed by atoms with Crippen LogP contribution in [0.25, 0.3) is 11.1 Å². The van der Waals surface area contributed by atoms with Crippen molar-refractivity contribution in [3.05, 3.63) is 53.3 Å². The summed E-state index contributed by atoms with van der Waals surface area (Å²) in [5, 5.41) is 9.02. The lowest BCUT2D eigenvalue weighted by atomic mass is 9.97. The van der Waals surface area contributed by atoms with Crippen molar-refractivity contribution in [2.24, 2.45) is 0 Å². The maximum atomic E-state index is 13.8. The summed E-state index contributed by atoms with van der Waals surface area (Å²) in [7, 11) is 0. The molecule has 0 saturated carbocycles. The minimum atomic E-state index is -4.59. The van der Waals surface area contributed by atoms with Gasteiger partial charge in [0.05, 0.1) is 22.9 Å². The van der Waals surface area contributed by atoms with Crippen LogP contribution in [0.3, 0.4) is 0 Å². The van der Waals surface area contributed by atoms with Crippen LogP contribution in [0.2, 0.25) is 0 Å². The van der Waals surface area contributed by atoms with E-state index in [0.717, 1.165) is 24.3 Å². The second-order valence-electron chi connectivity index (χ2n) is 4.42. The van der Waals surface area contributed by atoms with Crippen LogP contribution in [0.4, 0.5) is 23.2 Å². The third kappa shape index (κ3) is 3.85. The molecule has 2 aromatic carbocycles. The van der Waals surface area contributed by atoms with E-state index in [1.54, 1.807) is 6.07 Å². The number of nitrogens with zero attached hydrogens (tertiary/aromatic N) is 1. The van der Waals surface area contributed by atoms with Gasteiger partial charge in [-0.15, -0.1) is 0 Å². The molecule has 2 rings (SSSR count). The van der Waals surface area contributed by atoms with E-state index in [1.807, 2.05) is 4.72 Å². The second-order valence-corrected chi connectivity index (χ2v) is 5.12. The first-order valence-electron chi connectivity index (χ1n) is 6.01. The van der Waals surface area contributed by atoms with Gasteiger partial charge in [-0.1, -0.05) is 12.1 Å². The van der Waals surface area contributed by atoms with Crippen molar-refractivity contribution in [1.82, 2.24) is 0 Å². The summed E-state index contributed by atoms with van der Waals surface area (Å²) in [6.07, 6.45) is -4.59. The van der Waals surface area contributed by atoms with Crippen LogP contribution in [0.5, 0.6) is 0 Å². The molecule has 0 saturated heterocycles. The van der Waals surface area contributed by atoms with E-state index in [4.69, 9.17) is 9.81 Å². The number of rotatable bonds is 3. The molecule has 0 aliphatic carbocycles. The van der Waals surface area contributed by atoms with E-state index in [0.29, 0.717) is 6.07 Å². The van der Waals surface area contributed by atoms with Crippen molar-refractivity contribution in [2.45, 2.75) is 6.18 Å². The van der Waals surface area contributed by atoms with Gasteiger partial charge in [-0.05, 0) is 35.4 Å². The molecule has 23 heavy (non-hydrogen) atoms. The van der Waals surface area contributed by atoms with Crippen molar-refractivity contribution >= 4 is 17.0 Å². The highest BCUT2D eigenvalue weighted by atomic mass is 32.2. The van der Waals surface area contributed by atoms with Gasteiger partial charge in [-0.2, -0.15) is 18.4 Å². The van der Waals surface area contributed by atoms with Crippen molar-refractivity contribution in [2.75, 3.05) is 4.72 Å². The van der Waals surface area contributed by atoms with Crippen LogP contribution in [-0.4, -0.2) is 8.76 Å². The highest BCUT2D eigenvalue weighted by Gasteiger charge is 2.31. The van der Waals surface area contributed by atoms with Gasteiger partial charge in [0.25, 0.3) is 11.3 Å². The molecule has 0 fully saturated rings. The Balaban J connectivity index is 2.49. The van der Waals surface area contributed by atoms with Gasteiger partial charge in [0, 0.05) is 0 Å². The van der Waals surface area contributed by atoms with Gasteiger partial charge < -0.3 is 0 Å². The number of hydrogen-bond donors (Lipinski definition) is 2. The summed E-state index contributed by atoms with van der Waals surface area (Å²) in [6.45, 7) is 0. The Kier molecular flexibility index (Phi) is 4.68. The lowest BCUT2D eigenvalue weighted by Gasteiger charge is -2.11. The first kappa shape index (κ1) is 16.9. The molecule has 0 bridgehead atoms. The van der Waals surface area contributed by atoms with E-state index in [2.05, 4.69) is 0 Å². The van der Waals surface area contributed by atoms with E-state index >= 15 is 0 Å². The fourth-order valence-electron chi connectivity index (χ4n) is 1.92. The standard InChI is InChI=1S/C14H8F4N2O2S/c15-12-6-8(1-4-13(12)20-23(21)22)11-3-2-10(14(16,17)18)5-9(11)7-19/h1-6,20H,(H,21,22). The molecule has 0 aliphatic rings. The third-order valence-corrected chi connectivity index (χ3v) is 3.34. The van der Waals surface area contributed by atoms with Gasteiger partial charge in [-0.25, -0.2) is 8.60 Å². The monoisotopic (exact) mass is 344 g/mol. The Labute approximate surface area is 130 Å². The summed E-state index contributed by atoms with van der Waals surface area (Å²) in [5.41, 5.74) is -1.20. The Morgan fingerprint density at radius 3 is 2.39 bits per heavy atom. The smallest absolute Gasteiger partial charge is 0.289 e. The van der Waals surface area contributed by atoms with Crippen LogP contribution in [0.1, 0.15) is 11.1 Å². The van der Waals surface area contributed by atoms with Crippen molar-refractivity contribution < 1.29 is 26.3 Å². The highest BCUT2D eigenvalue weighted by molar-refractivity contribution is 7.80. The van der Waals surface area contributed by atoms with Gasteiger partial charge in [0.15, 0.2) is 0 Å². The first-order chi connectivity index (χ1) is 10.7. The van der Waals surface area contributed by atoms with Crippen LogP contribution in [0, 0.1) is 17.1 Å². The summed E-state index contributed by atoms with van der Waals surface area (Å²) >= 11 is -2.46. The minimum absolute atomic E-state index is 0.121. The fourth-order valence-corrected chi connectivity index (χ4v) is 2.28. The molecule has 120 valence electrons. The number of benzene rings is 2. The van der Waals surface area contributed by atoms with E-state index < -0.39 is 28.8 Å². The van der Waals surface area contributed by atoms with Crippen molar-refractivity contribution in [3.63, 3.8) is 0 Å². The summed E-state index contributed by atoms with van der Waals surface area (Å²) in [4.78, 5) is 0. The Bertz CT molecular complexity index is 815. The predicted octanol–water partition coefficient (Wildman–Crippen LogP) is 3.93. The van der Waals surface area contributed by atoms with Crippen LogP contribution in [-0.2, 0) is 17.4 Å². The van der Waals surface area contributed by atoms with Crippen molar-refractivity contribution in [1.29, 1.82) is 5.26 Å². The Morgan fingerprint density at radius 1 is 1.17 bits per heavy atom. The molecule has 1 atom stereocenters. The average molecular weight is 344 g/mol. The summed E-state index contributed by atoms with van der Waals surface area (Å²) in [5.74, 6) is -0.881. The zero-order chi connectivity index (χ0) is 17.2. The van der Waals surface area contributed by atoms with Crippen LogP contribution >= 0.6 is 0 Å². The van der Waals surface area contributed by atoms with Gasteiger partial charge in [0.2, 0.25) is 0 Å². The van der Waals surface area contributed by atoms with E-state index in [9.17, 15) is 21.8 Å². The maximum absolute atomic E-state index is 13.8. The molecule has 0 aromatic heterocycles. The van der Waals surface area contributed by atoms with Crippen molar-refractivity contribution in [3.8, 4) is 17.2 Å². The molecule has 4 nitrogen and oxygen atoms in total. The highest BCUT2D eigenvalue weighted by Crippen LogP contribution is 2.34. The SMILES string of the molecule is N#Cc1cc(C(F)(F)F)ccc1-c1ccc(NS(=O)O)c(F)c1. The third-order valence-electron chi connectivity index (χ3n) is 2.94. The lowest BCUT2D eigenvalue weighted by molar-refractivity contribution is -0.137. The normalized spacial score (nSPS) is 12.5. The first-order valence-corrected chi connectivity index (χ1v) is 7.12. The molecule has 0 radical (unpaired) electrons. The van der Waals surface area contributed by atoms with E-state index in [-0.39, 0.29) is 22.4 Å². The van der Waals surface area contributed by atoms with Gasteiger partial charge in [0.1, 0.15) is 5.82 Å². The fraction of sp³-hybridized carbons (Fsp3) is 0.0714. The number of alkyl halides is 3. The molecule has 0 spiro atoms. The van der Waals surface area contributed by atoms with E-state index in [1.165, 1.54) is 6.07 Å². The summed E-state index contributed by atoms with van der Waals surface area (Å²) in [6, 6.07) is 7.63. The number of nitriles is 1. The maximum Gasteiger partial charge on any atom is 0.416 e. The average Bonchev–Trinajstić information content (AvgIpc) is 2.47. The van der Waals surface area contributed by atoms with Crippen LogP contribution < -0.4 is 4.72 Å². The van der Waals surface area contributed by atoms with Gasteiger partial charge in [-0.3, -0.25) is 9.27 Å². The number of halogens is 4. The topological polar surface area (TPSA) is 73.1 Å². The number of hydrogen-bond acceptors (Lipinski definition) is 2. The minimum Gasteiger partial charge on any atom is -0.289 e. The number of nitrogens with one attached hydrogen (secondary N) is 1. The van der Waals surface area contributed by atoms with Gasteiger partial charge >= 0.3 is 6.18 Å². The quantitative estimate of drug-likeness (QED) is 0.654. The molecular formula is C14H8F4N2O2S. The lowest BCUT2D eigenvalue weighted by Crippen LogP contribution is -2.05. The zero-order valence-corrected chi connectivity index (χ0v) is 12.0. The predicted molar refractivity (Wildman–Crippen MR) is 75.9 cm³/mol. The Hall–Kier alpha value is -2.44. The Morgan fingerprint density at radius 2 is 1.87 bits per heavy atom. The largest absolute Gasteiger partial charge is 0.416 e. The zero-order valence-electron chi connectivity index (χ0n) is 11.2. The molecule has 9 heteroatoms.